The van der Waals surface area contributed by atoms with E-state index in [9.17, 15) is 8.60 Å². The standard InChI is InChI=1S/C14H12ClFOS/c15-18(17)10-9-11-1-3-12(4-2-11)13-5-7-14(16)8-6-13/h1-8H,9-10H2. The summed E-state index contributed by atoms with van der Waals surface area (Å²) in [4.78, 5) is 0. The van der Waals surface area contributed by atoms with Gasteiger partial charge in [-0.15, -0.1) is 0 Å². The average Bonchev–Trinajstić information content (AvgIpc) is 2.38. The first kappa shape index (κ1) is 13.2. The number of benzene rings is 2. The van der Waals surface area contributed by atoms with Crippen LogP contribution in [0, 0.1) is 5.82 Å². The second kappa shape index (κ2) is 6.12. The third-order valence-electron chi connectivity index (χ3n) is 2.68. The summed E-state index contributed by atoms with van der Waals surface area (Å²) in [6.45, 7) is 0. The van der Waals surface area contributed by atoms with Gasteiger partial charge in [0.25, 0.3) is 0 Å². The lowest BCUT2D eigenvalue weighted by atomic mass is 10.0. The fourth-order valence-corrected chi connectivity index (χ4v) is 2.33. The Labute approximate surface area is 113 Å². The maximum absolute atomic E-state index is 12.8. The Bertz CT molecular complexity index is 537. The lowest BCUT2D eigenvalue weighted by molar-refractivity contribution is 0.628. The van der Waals surface area contributed by atoms with Gasteiger partial charge in [0, 0.05) is 5.75 Å². The average molecular weight is 283 g/mol. The summed E-state index contributed by atoms with van der Waals surface area (Å²) in [5.74, 6) is 0.220. The Morgan fingerprint density at radius 3 is 1.94 bits per heavy atom. The van der Waals surface area contributed by atoms with Crippen LogP contribution in [0.5, 0.6) is 0 Å². The summed E-state index contributed by atoms with van der Waals surface area (Å²) in [5, 5.41) is 0. The molecule has 0 N–H and O–H groups in total. The number of aryl methyl sites for hydroxylation is 1. The van der Waals surface area contributed by atoms with E-state index in [4.69, 9.17) is 10.7 Å². The number of rotatable bonds is 4. The Kier molecular flexibility index (Phi) is 4.50. The molecule has 0 aliphatic rings. The van der Waals surface area contributed by atoms with E-state index in [0.717, 1.165) is 16.7 Å². The lowest BCUT2D eigenvalue weighted by Crippen LogP contribution is -1.94. The van der Waals surface area contributed by atoms with Crippen LogP contribution in [0.3, 0.4) is 0 Å². The van der Waals surface area contributed by atoms with Crippen LogP contribution in [0.2, 0.25) is 0 Å². The van der Waals surface area contributed by atoms with Crippen molar-refractivity contribution >= 4 is 20.7 Å². The summed E-state index contributed by atoms with van der Waals surface area (Å²) < 4.78 is 23.6. The van der Waals surface area contributed by atoms with Crippen molar-refractivity contribution in [1.29, 1.82) is 0 Å². The van der Waals surface area contributed by atoms with E-state index in [1.54, 1.807) is 12.1 Å². The van der Waals surface area contributed by atoms with Crippen molar-refractivity contribution in [3.63, 3.8) is 0 Å². The third kappa shape index (κ3) is 3.65. The fourth-order valence-electron chi connectivity index (χ4n) is 1.70. The largest absolute Gasteiger partial charge is 0.243 e. The topological polar surface area (TPSA) is 17.1 Å². The van der Waals surface area contributed by atoms with Gasteiger partial charge in [0.1, 0.15) is 15.8 Å². The number of hydrogen-bond acceptors (Lipinski definition) is 1. The molecular formula is C14H12ClFOS. The van der Waals surface area contributed by atoms with Crippen LogP contribution in [0.4, 0.5) is 4.39 Å². The first-order chi connectivity index (χ1) is 8.65. The zero-order chi connectivity index (χ0) is 13.0. The van der Waals surface area contributed by atoms with Crippen molar-refractivity contribution in [3.8, 4) is 11.1 Å². The molecule has 0 saturated heterocycles. The molecule has 2 aromatic rings. The minimum Gasteiger partial charge on any atom is -0.243 e. The molecule has 94 valence electrons. The van der Waals surface area contributed by atoms with Crippen molar-refractivity contribution in [2.24, 2.45) is 0 Å². The molecule has 0 amide bonds. The van der Waals surface area contributed by atoms with Crippen LogP contribution in [-0.2, 0) is 16.4 Å². The Balaban J connectivity index is 2.12. The zero-order valence-electron chi connectivity index (χ0n) is 9.61. The second-order valence-corrected chi connectivity index (χ2v) is 5.97. The van der Waals surface area contributed by atoms with Gasteiger partial charge in [-0.05, 0) is 45.9 Å². The molecule has 0 saturated carbocycles. The predicted molar refractivity (Wildman–Crippen MR) is 74.4 cm³/mol. The van der Waals surface area contributed by atoms with Gasteiger partial charge < -0.3 is 0 Å². The fraction of sp³-hybridized carbons (Fsp3) is 0.143. The van der Waals surface area contributed by atoms with Gasteiger partial charge in [0.05, 0.1) is 0 Å². The molecule has 1 atom stereocenters. The van der Waals surface area contributed by atoms with Crippen LogP contribution in [0.1, 0.15) is 5.56 Å². The first-order valence-corrected chi connectivity index (χ1v) is 7.69. The number of halogens is 2. The quantitative estimate of drug-likeness (QED) is 0.777. The Morgan fingerprint density at radius 1 is 0.944 bits per heavy atom. The molecule has 0 aromatic heterocycles. The highest BCUT2D eigenvalue weighted by molar-refractivity contribution is 8.08. The molecule has 18 heavy (non-hydrogen) atoms. The minimum absolute atomic E-state index is 0.236. The minimum atomic E-state index is -1.28. The van der Waals surface area contributed by atoms with Gasteiger partial charge in [-0.3, -0.25) is 0 Å². The predicted octanol–water partition coefficient (Wildman–Crippen LogP) is 3.94. The molecule has 2 rings (SSSR count). The van der Waals surface area contributed by atoms with Crippen molar-refractivity contribution < 1.29 is 8.60 Å². The summed E-state index contributed by atoms with van der Waals surface area (Å²) in [6.07, 6.45) is 0.694. The molecule has 0 fully saturated rings. The second-order valence-electron chi connectivity index (χ2n) is 3.95. The molecule has 1 nitrogen and oxygen atoms in total. The van der Waals surface area contributed by atoms with E-state index in [1.165, 1.54) is 12.1 Å². The molecule has 0 heterocycles. The SMILES string of the molecule is O=S(Cl)CCc1ccc(-c2ccc(F)cc2)cc1. The molecule has 1 unspecified atom stereocenters. The molecule has 0 aliphatic carbocycles. The summed E-state index contributed by atoms with van der Waals surface area (Å²) in [7, 11) is 4.13. The summed E-state index contributed by atoms with van der Waals surface area (Å²) >= 11 is 0. The van der Waals surface area contributed by atoms with E-state index < -0.39 is 10.0 Å². The summed E-state index contributed by atoms with van der Waals surface area (Å²) in [5.41, 5.74) is 3.10. The number of hydrogen-bond donors (Lipinski definition) is 0. The Hall–Kier alpha value is -1.19. The molecule has 4 heteroatoms. The van der Waals surface area contributed by atoms with Crippen LogP contribution in [0.15, 0.2) is 48.5 Å². The molecular weight excluding hydrogens is 271 g/mol. The highest BCUT2D eigenvalue weighted by atomic mass is 35.7. The Morgan fingerprint density at radius 2 is 1.44 bits per heavy atom. The van der Waals surface area contributed by atoms with Gasteiger partial charge >= 0.3 is 0 Å². The van der Waals surface area contributed by atoms with Gasteiger partial charge in [0.15, 0.2) is 0 Å². The van der Waals surface area contributed by atoms with Gasteiger partial charge in [-0.2, -0.15) is 0 Å². The third-order valence-corrected chi connectivity index (χ3v) is 3.67. The molecule has 2 aromatic carbocycles. The van der Waals surface area contributed by atoms with Gasteiger partial charge in [-0.25, -0.2) is 8.60 Å². The maximum atomic E-state index is 12.8. The molecule has 0 radical (unpaired) electrons. The van der Waals surface area contributed by atoms with Crippen molar-refractivity contribution in [3.05, 3.63) is 59.9 Å². The smallest absolute Gasteiger partial charge is 0.123 e. The van der Waals surface area contributed by atoms with E-state index >= 15 is 0 Å². The van der Waals surface area contributed by atoms with Crippen LogP contribution < -0.4 is 0 Å². The van der Waals surface area contributed by atoms with Crippen LogP contribution in [-0.4, -0.2) is 9.96 Å². The maximum Gasteiger partial charge on any atom is 0.123 e. The molecule has 0 bridgehead atoms. The molecule has 0 aliphatic heterocycles. The van der Waals surface area contributed by atoms with Crippen molar-refractivity contribution in [1.82, 2.24) is 0 Å². The van der Waals surface area contributed by atoms with E-state index in [2.05, 4.69) is 0 Å². The van der Waals surface area contributed by atoms with Crippen molar-refractivity contribution in [2.75, 3.05) is 5.75 Å². The lowest BCUT2D eigenvalue weighted by Gasteiger charge is -2.04. The van der Waals surface area contributed by atoms with Gasteiger partial charge in [-0.1, -0.05) is 36.4 Å². The van der Waals surface area contributed by atoms with E-state index in [1.807, 2.05) is 24.3 Å². The van der Waals surface area contributed by atoms with E-state index in [0.29, 0.717) is 12.2 Å². The van der Waals surface area contributed by atoms with Crippen molar-refractivity contribution in [2.45, 2.75) is 6.42 Å². The highest BCUT2D eigenvalue weighted by Crippen LogP contribution is 2.20. The van der Waals surface area contributed by atoms with E-state index in [-0.39, 0.29) is 5.82 Å². The summed E-state index contributed by atoms with van der Waals surface area (Å²) in [6, 6.07) is 14.3. The molecule has 0 spiro atoms. The zero-order valence-corrected chi connectivity index (χ0v) is 11.2. The highest BCUT2D eigenvalue weighted by Gasteiger charge is 2.00. The monoisotopic (exact) mass is 282 g/mol. The van der Waals surface area contributed by atoms with Crippen LogP contribution in [0.25, 0.3) is 11.1 Å². The van der Waals surface area contributed by atoms with Gasteiger partial charge in [0.2, 0.25) is 0 Å². The normalized spacial score (nSPS) is 12.3. The van der Waals surface area contributed by atoms with Crippen LogP contribution >= 0.6 is 10.7 Å². The first-order valence-electron chi connectivity index (χ1n) is 5.54.